The summed E-state index contributed by atoms with van der Waals surface area (Å²) in [6, 6.07) is 3.37. The average molecular weight is 1100 g/mol. The lowest BCUT2D eigenvalue weighted by atomic mass is 10.3. The second-order valence-corrected chi connectivity index (χ2v) is 58.8. The van der Waals surface area contributed by atoms with E-state index in [1.54, 1.807) is 0 Å². The molecule has 4 unspecified atom stereocenters. The zero-order valence-corrected chi connectivity index (χ0v) is 54.9. The van der Waals surface area contributed by atoms with Crippen molar-refractivity contribution in [2.45, 2.75) is 198 Å². The lowest BCUT2D eigenvalue weighted by Gasteiger charge is -2.62. The molecule has 0 aromatic rings. The molecule has 6 rings (SSSR count). The monoisotopic (exact) mass is 1090 g/mol. The predicted octanol–water partition coefficient (Wildman–Crippen LogP) is 11.2. The van der Waals surface area contributed by atoms with Crippen LogP contribution in [0.2, 0.25) is 87.6 Å². The highest BCUT2D eigenvalue weighted by molar-refractivity contribution is 7.02. The van der Waals surface area contributed by atoms with Crippen LogP contribution < -0.4 is 0 Å². The molecule has 6 aliphatic rings. The van der Waals surface area contributed by atoms with Gasteiger partial charge in [-0.2, -0.15) is 0 Å². The lowest BCUT2D eigenvalue weighted by Crippen LogP contribution is -2.86. The van der Waals surface area contributed by atoms with Crippen LogP contribution in [0, 0.1) is 47.3 Å². The van der Waals surface area contributed by atoms with Crippen LogP contribution in [-0.4, -0.2) is 96.1 Å². The van der Waals surface area contributed by atoms with E-state index in [4.69, 9.17) is 61.7 Å². The van der Waals surface area contributed by atoms with Crippen LogP contribution in [0.15, 0.2) is 0 Å². The van der Waals surface area contributed by atoms with Gasteiger partial charge in [0.2, 0.25) is 0 Å². The van der Waals surface area contributed by atoms with E-state index in [2.05, 4.69) is 150 Å². The van der Waals surface area contributed by atoms with Crippen LogP contribution >= 0.6 is 0 Å². The van der Waals surface area contributed by atoms with E-state index >= 15 is 0 Å². The molecule has 0 aromatic carbocycles. The summed E-state index contributed by atoms with van der Waals surface area (Å²) in [5.74, 6) is 0.434. The van der Waals surface area contributed by atoms with Crippen molar-refractivity contribution >= 4 is 96.1 Å². The summed E-state index contributed by atoms with van der Waals surface area (Å²) in [5.41, 5.74) is 0. The molecule has 6 saturated heterocycles. The quantitative estimate of drug-likeness (QED) is 0.135. The van der Waals surface area contributed by atoms with Crippen molar-refractivity contribution in [3.05, 3.63) is 0 Å². The Balaban J connectivity index is 2.12. The first-order valence-corrected chi connectivity index (χ1v) is 48.4. The van der Waals surface area contributed by atoms with Gasteiger partial charge in [0.05, 0.1) is 0 Å². The molecule has 376 valence electrons. The van der Waals surface area contributed by atoms with Gasteiger partial charge in [-0.05, 0) is 86.6 Å². The topological polar surface area (TPSA) is 138 Å². The maximum atomic E-state index is 8.10. The molecule has 6 fully saturated rings. The van der Waals surface area contributed by atoms with Crippen molar-refractivity contribution < 1.29 is 61.7 Å². The number of hydrogen-bond donors (Lipinski definition) is 0. The number of hydrogen-bond acceptors (Lipinski definition) is 15. The first-order valence-electron chi connectivity index (χ1n) is 24.5. The van der Waals surface area contributed by atoms with E-state index in [0.29, 0.717) is 48.4 Å². The Labute approximate surface area is 401 Å². The molecule has 8 bridgehead atoms. The highest BCUT2D eigenvalue weighted by Gasteiger charge is 2.81. The van der Waals surface area contributed by atoms with Gasteiger partial charge in [-0.25, -0.2) is 0 Å². The third-order valence-corrected chi connectivity index (χ3v) is 62.7. The first-order chi connectivity index (χ1) is 28.9. The second-order valence-electron chi connectivity index (χ2n) is 24.0. The minimum Gasteiger partial charge on any atom is -0.416 e. The standard InChI is InChI=1S/C38H90O15Si11/c1-31(2)23-57-41-55(19,20)39-54(17,18)40-56(21,22)42-58(24-32(3)4)45-61(27-35(9)10)47-59(43-57,25-33(5)6)49-63(29-37(13)14)50-60(44-57,26-34(7)8)48-62(46-58,28-36(11)12)52-64(51-61,53-63)30-38(15)16/h31-38H,23-30H2,1-22H3. The third-order valence-electron chi connectivity index (χ3n) is 10.5. The van der Waals surface area contributed by atoms with Gasteiger partial charge >= 0.3 is 96.1 Å². The van der Waals surface area contributed by atoms with E-state index in [1.165, 1.54) is 0 Å². The molecule has 0 radical (unpaired) electrons. The van der Waals surface area contributed by atoms with Crippen LogP contribution in [0.1, 0.15) is 111 Å². The van der Waals surface area contributed by atoms with Crippen LogP contribution in [0.25, 0.3) is 0 Å². The predicted molar refractivity (Wildman–Crippen MR) is 272 cm³/mol. The fourth-order valence-electron chi connectivity index (χ4n) is 10.1. The molecule has 0 N–H and O–H groups in total. The Bertz CT molecular complexity index is 1430. The van der Waals surface area contributed by atoms with Crippen molar-refractivity contribution in [3.63, 3.8) is 0 Å². The van der Waals surface area contributed by atoms with Crippen molar-refractivity contribution in [1.82, 2.24) is 0 Å². The van der Waals surface area contributed by atoms with E-state index in [9.17, 15) is 0 Å². The first kappa shape index (κ1) is 56.7. The van der Waals surface area contributed by atoms with Gasteiger partial charge in [0.15, 0.2) is 0 Å². The van der Waals surface area contributed by atoms with E-state index < -0.39 is 96.1 Å². The lowest BCUT2D eigenvalue weighted by molar-refractivity contribution is -0.0137. The summed E-state index contributed by atoms with van der Waals surface area (Å²) in [5, 5.41) is 0. The second kappa shape index (κ2) is 20.0. The molecule has 6 heterocycles. The van der Waals surface area contributed by atoms with Crippen LogP contribution in [0.5, 0.6) is 0 Å². The van der Waals surface area contributed by atoms with Crippen molar-refractivity contribution in [2.24, 2.45) is 47.3 Å². The molecule has 0 saturated carbocycles. The molecule has 64 heavy (non-hydrogen) atoms. The minimum absolute atomic E-state index is 0.0409. The van der Waals surface area contributed by atoms with E-state index in [-0.39, 0.29) is 47.3 Å². The average Bonchev–Trinajstić information content (AvgIpc) is 2.91. The normalized spacial score (nSPS) is 40.0. The molecule has 0 amide bonds. The Kier molecular flexibility index (Phi) is 17.7. The Hall–Kier alpha value is 1.79. The molecule has 0 spiro atoms. The summed E-state index contributed by atoms with van der Waals surface area (Å²) in [7, 11) is -42.7. The number of fused-ring (bicyclic) bond motifs is 6. The van der Waals surface area contributed by atoms with Gasteiger partial charge in [0.25, 0.3) is 0 Å². The summed E-state index contributed by atoms with van der Waals surface area (Å²) >= 11 is 0. The zero-order valence-electron chi connectivity index (χ0n) is 43.9. The fraction of sp³-hybridized carbons (Fsp3) is 1.00. The van der Waals surface area contributed by atoms with Crippen LogP contribution in [-0.2, 0) is 61.7 Å². The van der Waals surface area contributed by atoms with Crippen LogP contribution in [0.3, 0.4) is 0 Å². The van der Waals surface area contributed by atoms with Gasteiger partial charge in [-0.1, -0.05) is 111 Å². The summed E-state index contributed by atoms with van der Waals surface area (Å²) in [4.78, 5) is 0. The fourth-order valence-corrected chi connectivity index (χ4v) is 77.0. The van der Waals surface area contributed by atoms with Gasteiger partial charge in [0.1, 0.15) is 0 Å². The maximum absolute atomic E-state index is 8.10. The highest BCUT2D eigenvalue weighted by atomic mass is 28.6. The molecule has 26 heteroatoms. The van der Waals surface area contributed by atoms with Crippen molar-refractivity contribution in [2.75, 3.05) is 0 Å². The number of rotatable bonds is 16. The largest absolute Gasteiger partial charge is 0.479 e. The minimum atomic E-state index is -4.21. The van der Waals surface area contributed by atoms with Gasteiger partial charge < -0.3 is 61.7 Å². The van der Waals surface area contributed by atoms with E-state index in [1.807, 2.05) is 0 Å². The van der Waals surface area contributed by atoms with E-state index in [0.717, 1.165) is 0 Å². The molecular formula is C38H90O15Si11. The maximum Gasteiger partial charge on any atom is 0.479 e. The Morgan fingerprint density at radius 1 is 0.188 bits per heavy atom. The third kappa shape index (κ3) is 14.5. The smallest absolute Gasteiger partial charge is 0.416 e. The summed E-state index contributed by atoms with van der Waals surface area (Å²) < 4.78 is 119. The summed E-state index contributed by atoms with van der Waals surface area (Å²) in [6.07, 6.45) is 0. The molecule has 0 aliphatic carbocycles. The molecule has 4 atom stereocenters. The zero-order chi connectivity index (χ0) is 48.4. The Morgan fingerprint density at radius 3 is 0.422 bits per heavy atom. The molecular weight excluding hydrogens is 1010 g/mol. The van der Waals surface area contributed by atoms with Gasteiger partial charge in [-0.3, -0.25) is 0 Å². The molecule has 6 aliphatic heterocycles. The van der Waals surface area contributed by atoms with Crippen molar-refractivity contribution in [3.8, 4) is 0 Å². The molecule has 0 aromatic heterocycles. The summed E-state index contributed by atoms with van der Waals surface area (Å²) in [6.45, 7) is 47.2. The molecule has 15 nitrogen and oxygen atoms in total. The van der Waals surface area contributed by atoms with Crippen molar-refractivity contribution in [1.29, 1.82) is 0 Å². The van der Waals surface area contributed by atoms with Crippen LogP contribution in [0.4, 0.5) is 0 Å². The van der Waals surface area contributed by atoms with Gasteiger partial charge in [0, 0.05) is 48.4 Å². The van der Waals surface area contributed by atoms with Gasteiger partial charge in [-0.15, -0.1) is 0 Å². The SMILES string of the molecule is CC(C)C[Si]12O[Si](C)(C)O[Si](C)(C)O[Si](C)(C)O[Si]3(CC(C)C)O[Si]4(CC(C)C)O[Si](CC(C)C)(O1)O[Si]1(CC(C)C)O[Si](CC(C)C)(O2)O[Si](CC(C)C)(O3)O[Si](CC(C)C)(O4)O1. The Morgan fingerprint density at radius 2 is 0.297 bits per heavy atom. The highest BCUT2D eigenvalue weighted by Crippen LogP contribution is 2.54.